The van der Waals surface area contributed by atoms with Crippen molar-refractivity contribution >= 4 is 34.0 Å². The second-order valence-electron chi connectivity index (χ2n) is 8.26. The normalized spacial score (nSPS) is 15.5. The maximum Gasteiger partial charge on any atom is 0.315 e. The molecule has 5 rings (SSSR count). The Morgan fingerprint density at radius 2 is 1.89 bits per heavy atom. The molecule has 1 fully saturated rings. The summed E-state index contributed by atoms with van der Waals surface area (Å²) in [6, 6.07) is 17.1. The SMILES string of the molecule is Nc1cn[nH]c1C1CCCN(C(=O)C(=O)Nc2nc(-c3ccc(Oc4ccccc4)cc3)cs2)C1. The van der Waals surface area contributed by atoms with Crippen molar-refractivity contribution in [1.82, 2.24) is 20.1 Å². The summed E-state index contributed by atoms with van der Waals surface area (Å²) in [5, 5.41) is 11.7. The molecule has 9 nitrogen and oxygen atoms in total. The summed E-state index contributed by atoms with van der Waals surface area (Å²) >= 11 is 1.27. The van der Waals surface area contributed by atoms with Crippen LogP contribution in [0.5, 0.6) is 11.5 Å². The summed E-state index contributed by atoms with van der Waals surface area (Å²) < 4.78 is 5.82. The van der Waals surface area contributed by atoms with Crippen LogP contribution in [0.4, 0.5) is 10.8 Å². The number of carbonyl (C=O) groups is 2. The molecular weight excluding hydrogens is 464 g/mol. The van der Waals surface area contributed by atoms with E-state index in [-0.39, 0.29) is 5.92 Å². The average Bonchev–Trinajstić information content (AvgIpc) is 3.54. The van der Waals surface area contributed by atoms with Gasteiger partial charge in [-0.15, -0.1) is 11.3 Å². The van der Waals surface area contributed by atoms with E-state index in [9.17, 15) is 9.59 Å². The standard InChI is InChI=1S/C25H24N6O3S/c26-20-13-27-30-22(20)17-5-4-12-31(14-17)24(33)23(32)29-25-28-21(15-35-25)16-8-10-19(11-9-16)34-18-6-2-1-3-7-18/h1-3,6-11,13,15,17H,4-5,12,14,26H2,(H,27,30)(H,28,29,32). The molecular formula is C25H24N6O3S. The summed E-state index contributed by atoms with van der Waals surface area (Å²) in [7, 11) is 0. The third-order valence-corrected chi connectivity index (χ3v) is 6.62. The highest BCUT2D eigenvalue weighted by Crippen LogP contribution is 2.30. The zero-order valence-electron chi connectivity index (χ0n) is 18.8. The molecule has 2 amide bonds. The molecule has 0 aliphatic carbocycles. The third kappa shape index (κ3) is 5.17. The Balaban J connectivity index is 1.19. The largest absolute Gasteiger partial charge is 0.457 e. The molecule has 2 aromatic carbocycles. The molecule has 1 saturated heterocycles. The maximum atomic E-state index is 12.8. The number of nitrogens with two attached hydrogens (primary N) is 1. The number of anilines is 2. The number of nitrogens with one attached hydrogen (secondary N) is 2. The lowest BCUT2D eigenvalue weighted by molar-refractivity contribution is -0.144. The Hall–Kier alpha value is -4.18. The third-order valence-electron chi connectivity index (χ3n) is 5.86. The van der Waals surface area contributed by atoms with E-state index in [1.165, 1.54) is 11.3 Å². The number of nitrogens with zero attached hydrogens (tertiary/aromatic N) is 3. The van der Waals surface area contributed by atoms with E-state index in [2.05, 4.69) is 20.5 Å². The zero-order chi connectivity index (χ0) is 24.2. The number of ether oxygens (including phenoxy) is 1. The Bertz CT molecular complexity index is 1320. The van der Waals surface area contributed by atoms with Gasteiger partial charge in [0.25, 0.3) is 0 Å². The van der Waals surface area contributed by atoms with Gasteiger partial charge >= 0.3 is 11.8 Å². The number of para-hydroxylation sites is 1. The number of hydrogen-bond donors (Lipinski definition) is 3. The van der Waals surface area contributed by atoms with Gasteiger partial charge in [-0.3, -0.25) is 20.0 Å². The van der Waals surface area contributed by atoms with Gasteiger partial charge in [0.05, 0.1) is 23.3 Å². The molecule has 10 heteroatoms. The van der Waals surface area contributed by atoms with Crippen molar-refractivity contribution in [2.24, 2.45) is 0 Å². The molecule has 4 aromatic rings. The van der Waals surface area contributed by atoms with Gasteiger partial charge in [-0.1, -0.05) is 18.2 Å². The fraction of sp³-hybridized carbons (Fsp3) is 0.200. The monoisotopic (exact) mass is 488 g/mol. The first-order chi connectivity index (χ1) is 17.1. The van der Waals surface area contributed by atoms with E-state index in [4.69, 9.17) is 10.5 Å². The molecule has 4 N–H and O–H groups in total. The molecule has 35 heavy (non-hydrogen) atoms. The van der Waals surface area contributed by atoms with E-state index in [0.29, 0.717) is 35.4 Å². The minimum atomic E-state index is -0.698. The molecule has 3 heterocycles. The molecule has 0 bridgehead atoms. The van der Waals surface area contributed by atoms with E-state index in [1.807, 2.05) is 60.0 Å². The predicted octanol–water partition coefficient (Wildman–Crippen LogP) is 4.25. The number of piperidine rings is 1. The number of benzene rings is 2. The number of H-pyrrole nitrogens is 1. The van der Waals surface area contributed by atoms with Crippen LogP contribution in [0.2, 0.25) is 0 Å². The first-order valence-corrected chi connectivity index (χ1v) is 12.1. The van der Waals surface area contributed by atoms with Crippen molar-refractivity contribution in [3.63, 3.8) is 0 Å². The topological polar surface area (TPSA) is 126 Å². The smallest absolute Gasteiger partial charge is 0.315 e. The van der Waals surface area contributed by atoms with Gasteiger partial charge < -0.3 is 15.4 Å². The quantitative estimate of drug-likeness (QED) is 0.361. The van der Waals surface area contributed by atoms with Gasteiger partial charge in [-0.25, -0.2) is 4.98 Å². The van der Waals surface area contributed by atoms with Crippen molar-refractivity contribution in [2.75, 3.05) is 24.1 Å². The van der Waals surface area contributed by atoms with Gasteiger partial charge in [0.1, 0.15) is 11.5 Å². The lowest BCUT2D eigenvalue weighted by atomic mass is 9.94. The van der Waals surface area contributed by atoms with Crippen LogP contribution in [0.3, 0.4) is 0 Å². The van der Waals surface area contributed by atoms with Crippen LogP contribution in [-0.4, -0.2) is 45.0 Å². The van der Waals surface area contributed by atoms with Crippen molar-refractivity contribution in [3.8, 4) is 22.8 Å². The molecule has 1 aliphatic heterocycles. The van der Waals surface area contributed by atoms with Gasteiger partial charge in [0, 0.05) is 30.0 Å². The summed E-state index contributed by atoms with van der Waals surface area (Å²) in [6.45, 7) is 0.941. The predicted molar refractivity (Wildman–Crippen MR) is 134 cm³/mol. The highest BCUT2D eigenvalue weighted by atomic mass is 32.1. The lowest BCUT2D eigenvalue weighted by Crippen LogP contribution is -2.44. The van der Waals surface area contributed by atoms with E-state index < -0.39 is 11.8 Å². The van der Waals surface area contributed by atoms with Crippen LogP contribution >= 0.6 is 11.3 Å². The fourth-order valence-corrected chi connectivity index (χ4v) is 4.82. The Kier molecular flexibility index (Phi) is 6.44. The number of nitrogen functional groups attached to an aromatic ring is 1. The van der Waals surface area contributed by atoms with Crippen LogP contribution in [0, 0.1) is 0 Å². The molecule has 1 unspecified atom stereocenters. The molecule has 1 atom stereocenters. The Morgan fingerprint density at radius 3 is 2.63 bits per heavy atom. The molecule has 178 valence electrons. The summed E-state index contributed by atoms with van der Waals surface area (Å²) in [5.74, 6) is 0.230. The molecule has 0 radical (unpaired) electrons. The van der Waals surface area contributed by atoms with Crippen LogP contribution < -0.4 is 15.8 Å². The number of thiazole rings is 1. The van der Waals surface area contributed by atoms with Crippen LogP contribution in [0.1, 0.15) is 24.5 Å². The summed E-state index contributed by atoms with van der Waals surface area (Å²) in [6.07, 6.45) is 3.23. The summed E-state index contributed by atoms with van der Waals surface area (Å²) in [4.78, 5) is 31.5. The lowest BCUT2D eigenvalue weighted by Gasteiger charge is -2.31. The highest BCUT2D eigenvalue weighted by molar-refractivity contribution is 7.14. The minimum absolute atomic E-state index is 0.0308. The Morgan fingerprint density at radius 1 is 1.11 bits per heavy atom. The number of rotatable bonds is 5. The summed E-state index contributed by atoms with van der Waals surface area (Å²) in [5.41, 5.74) is 8.93. The molecule has 2 aromatic heterocycles. The number of hydrogen-bond acceptors (Lipinski definition) is 7. The van der Waals surface area contributed by atoms with E-state index in [1.54, 1.807) is 11.1 Å². The number of aromatic nitrogens is 3. The molecule has 0 spiro atoms. The maximum absolute atomic E-state index is 12.8. The van der Waals surface area contributed by atoms with Gasteiger partial charge in [0.15, 0.2) is 5.13 Å². The Labute approximate surface area is 205 Å². The second kappa shape index (κ2) is 9.98. The van der Waals surface area contributed by atoms with Crippen LogP contribution in [-0.2, 0) is 9.59 Å². The van der Waals surface area contributed by atoms with Gasteiger partial charge in [-0.2, -0.15) is 5.10 Å². The zero-order valence-corrected chi connectivity index (χ0v) is 19.6. The molecule has 1 aliphatic rings. The number of likely N-dealkylation sites (tertiary alicyclic amines) is 1. The first kappa shape index (κ1) is 22.6. The number of aromatic amines is 1. The van der Waals surface area contributed by atoms with E-state index >= 15 is 0 Å². The second-order valence-corrected chi connectivity index (χ2v) is 9.12. The van der Waals surface area contributed by atoms with Crippen molar-refractivity contribution in [3.05, 3.63) is 71.9 Å². The first-order valence-electron chi connectivity index (χ1n) is 11.2. The van der Waals surface area contributed by atoms with Crippen molar-refractivity contribution in [1.29, 1.82) is 0 Å². The number of amides is 2. The minimum Gasteiger partial charge on any atom is -0.457 e. The average molecular weight is 489 g/mol. The van der Waals surface area contributed by atoms with Gasteiger partial charge in [0.2, 0.25) is 0 Å². The van der Waals surface area contributed by atoms with Crippen LogP contribution in [0.25, 0.3) is 11.3 Å². The van der Waals surface area contributed by atoms with Crippen molar-refractivity contribution in [2.45, 2.75) is 18.8 Å². The fourth-order valence-electron chi connectivity index (χ4n) is 4.11. The van der Waals surface area contributed by atoms with Crippen LogP contribution in [0.15, 0.2) is 66.2 Å². The molecule has 0 saturated carbocycles. The van der Waals surface area contributed by atoms with Crippen molar-refractivity contribution < 1.29 is 14.3 Å². The highest BCUT2D eigenvalue weighted by Gasteiger charge is 2.30. The van der Waals surface area contributed by atoms with E-state index in [0.717, 1.165) is 29.8 Å². The number of carbonyl (C=O) groups excluding carboxylic acids is 2. The van der Waals surface area contributed by atoms with Gasteiger partial charge in [-0.05, 0) is 49.2 Å².